The predicted molar refractivity (Wildman–Crippen MR) is 93.0 cm³/mol. The van der Waals surface area contributed by atoms with Crippen LogP contribution in [0.15, 0.2) is 24.3 Å². The molecule has 0 unspecified atom stereocenters. The summed E-state index contributed by atoms with van der Waals surface area (Å²) < 4.78 is 0. The van der Waals surface area contributed by atoms with Crippen LogP contribution in [0.25, 0.3) is 0 Å². The van der Waals surface area contributed by atoms with Crippen molar-refractivity contribution in [2.45, 2.75) is 83.6 Å². The molecule has 0 spiro atoms. The van der Waals surface area contributed by atoms with E-state index in [1.807, 2.05) is 0 Å². The number of benzene rings is 1. The monoisotopic (exact) mass is 287 g/mol. The lowest BCUT2D eigenvalue weighted by atomic mass is 9.69. The van der Waals surface area contributed by atoms with Gasteiger partial charge in [-0.05, 0) is 50.7 Å². The Morgan fingerprint density at radius 1 is 1.00 bits per heavy atom. The number of rotatable bonds is 4. The average Bonchev–Trinajstić information content (AvgIpc) is 2.45. The molecule has 0 bridgehead atoms. The van der Waals surface area contributed by atoms with E-state index in [4.69, 9.17) is 0 Å². The summed E-state index contributed by atoms with van der Waals surface area (Å²) in [6.07, 6.45) is 6.81. The minimum Gasteiger partial charge on any atom is -0.311 e. The van der Waals surface area contributed by atoms with Gasteiger partial charge in [-0.15, -0.1) is 0 Å². The third-order valence-electron chi connectivity index (χ3n) is 4.96. The molecule has 0 radical (unpaired) electrons. The van der Waals surface area contributed by atoms with Gasteiger partial charge in [0, 0.05) is 17.5 Å². The highest BCUT2D eigenvalue weighted by Crippen LogP contribution is 2.39. The van der Waals surface area contributed by atoms with Gasteiger partial charge >= 0.3 is 0 Å². The summed E-state index contributed by atoms with van der Waals surface area (Å²) in [6.45, 7) is 12.5. The maximum absolute atomic E-state index is 3.77. The van der Waals surface area contributed by atoms with Crippen molar-refractivity contribution in [3.8, 4) is 0 Å². The molecule has 0 aromatic heterocycles. The van der Waals surface area contributed by atoms with Crippen LogP contribution in [-0.4, -0.2) is 12.1 Å². The highest BCUT2D eigenvalue weighted by Gasteiger charge is 2.34. The van der Waals surface area contributed by atoms with Gasteiger partial charge < -0.3 is 5.32 Å². The third kappa shape index (κ3) is 4.32. The Kier molecular flexibility index (Phi) is 5.14. The van der Waals surface area contributed by atoms with Crippen LogP contribution in [0.2, 0.25) is 0 Å². The van der Waals surface area contributed by atoms with Gasteiger partial charge in [0.1, 0.15) is 0 Å². The molecule has 1 nitrogen and oxygen atoms in total. The van der Waals surface area contributed by atoms with Gasteiger partial charge in [0.15, 0.2) is 0 Å². The van der Waals surface area contributed by atoms with Crippen LogP contribution < -0.4 is 5.32 Å². The minimum absolute atomic E-state index is 0.197. The number of hydrogen-bond donors (Lipinski definition) is 1. The largest absolute Gasteiger partial charge is 0.311 e. The lowest BCUT2D eigenvalue weighted by molar-refractivity contribution is 0.253. The molecule has 0 amide bonds. The molecule has 2 rings (SSSR count). The molecule has 1 saturated carbocycles. The molecule has 0 heterocycles. The van der Waals surface area contributed by atoms with Crippen LogP contribution in [0, 0.1) is 0 Å². The standard InChI is InChI=1S/C20H33N/c1-16(2)17-9-11-18(12-10-17)20(13-7-6-8-14-20)15-21-19(3,4)5/h9-12,16,21H,6-8,13-15H2,1-5H3. The fourth-order valence-corrected chi connectivity index (χ4v) is 3.45. The van der Waals surface area contributed by atoms with Crippen molar-refractivity contribution < 1.29 is 0 Å². The second-order valence-electron chi connectivity index (χ2n) is 8.22. The maximum Gasteiger partial charge on any atom is 0.00968 e. The van der Waals surface area contributed by atoms with E-state index >= 15 is 0 Å². The lowest BCUT2D eigenvalue weighted by Crippen LogP contribution is -2.47. The van der Waals surface area contributed by atoms with E-state index in [2.05, 4.69) is 64.2 Å². The average molecular weight is 287 g/mol. The molecule has 1 N–H and O–H groups in total. The van der Waals surface area contributed by atoms with Crippen LogP contribution in [0.1, 0.15) is 83.8 Å². The summed E-state index contributed by atoms with van der Waals surface area (Å²) in [5.74, 6) is 0.619. The normalized spacial score (nSPS) is 19.0. The molecule has 21 heavy (non-hydrogen) atoms. The Balaban J connectivity index is 2.22. The van der Waals surface area contributed by atoms with Crippen molar-refractivity contribution in [3.63, 3.8) is 0 Å². The second-order valence-corrected chi connectivity index (χ2v) is 8.22. The zero-order chi connectivity index (χ0) is 15.5. The quantitative estimate of drug-likeness (QED) is 0.781. The Morgan fingerprint density at radius 3 is 2.05 bits per heavy atom. The first-order valence-corrected chi connectivity index (χ1v) is 8.68. The summed E-state index contributed by atoms with van der Waals surface area (Å²) in [4.78, 5) is 0. The molecular formula is C20H33N. The van der Waals surface area contributed by atoms with Gasteiger partial charge in [0.05, 0.1) is 0 Å². The van der Waals surface area contributed by atoms with Crippen LogP contribution in [0.3, 0.4) is 0 Å². The summed E-state index contributed by atoms with van der Waals surface area (Å²) in [5, 5.41) is 3.77. The first-order chi connectivity index (χ1) is 9.82. The molecule has 0 aliphatic heterocycles. The zero-order valence-electron chi connectivity index (χ0n) is 14.6. The topological polar surface area (TPSA) is 12.0 Å². The van der Waals surface area contributed by atoms with E-state index in [1.165, 1.54) is 37.7 Å². The van der Waals surface area contributed by atoms with Crippen molar-refractivity contribution in [2.24, 2.45) is 0 Å². The Bertz CT molecular complexity index is 430. The van der Waals surface area contributed by atoms with Crippen molar-refractivity contribution in [2.75, 3.05) is 6.54 Å². The number of hydrogen-bond acceptors (Lipinski definition) is 1. The Labute approximate surface area is 131 Å². The molecule has 1 fully saturated rings. The number of nitrogens with one attached hydrogen (secondary N) is 1. The third-order valence-corrected chi connectivity index (χ3v) is 4.96. The van der Waals surface area contributed by atoms with Crippen molar-refractivity contribution >= 4 is 0 Å². The van der Waals surface area contributed by atoms with E-state index in [9.17, 15) is 0 Å². The van der Waals surface area contributed by atoms with Crippen molar-refractivity contribution in [1.29, 1.82) is 0 Å². The van der Waals surface area contributed by atoms with Gasteiger partial charge in [0.25, 0.3) is 0 Å². The van der Waals surface area contributed by atoms with Gasteiger partial charge in [-0.3, -0.25) is 0 Å². The van der Waals surface area contributed by atoms with Crippen molar-refractivity contribution in [1.82, 2.24) is 5.32 Å². The minimum atomic E-state index is 0.197. The maximum atomic E-state index is 3.77. The van der Waals surface area contributed by atoms with E-state index in [1.54, 1.807) is 5.56 Å². The molecule has 1 aromatic carbocycles. The van der Waals surface area contributed by atoms with Gasteiger partial charge in [0.2, 0.25) is 0 Å². The first-order valence-electron chi connectivity index (χ1n) is 8.68. The highest BCUT2D eigenvalue weighted by molar-refractivity contribution is 5.31. The molecule has 1 aromatic rings. The van der Waals surface area contributed by atoms with Gasteiger partial charge in [-0.2, -0.15) is 0 Å². The summed E-state index contributed by atoms with van der Waals surface area (Å²) in [6, 6.07) is 9.47. The molecule has 1 heteroatoms. The van der Waals surface area contributed by atoms with Crippen LogP contribution >= 0.6 is 0 Å². The summed E-state index contributed by atoms with van der Waals surface area (Å²) >= 11 is 0. The van der Waals surface area contributed by atoms with Crippen LogP contribution in [0.5, 0.6) is 0 Å². The lowest BCUT2D eigenvalue weighted by Gasteiger charge is -2.40. The zero-order valence-corrected chi connectivity index (χ0v) is 14.6. The van der Waals surface area contributed by atoms with E-state index in [0.29, 0.717) is 11.3 Å². The summed E-state index contributed by atoms with van der Waals surface area (Å²) in [5.41, 5.74) is 3.54. The summed E-state index contributed by atoms with van der Waals surface area (Å²) in [7, 11) is 0. The molecule has 0 saturated heterocycles. The van der Waals surface area contributed by atoms with E-state index in [-0.39, 0.29) is 5.54 Å². The first kappa shape index (κ1) is 16.5. The molecule has 1 aliphatic carbocycles. The van der Waals surface area contributed by atoms with Crippen LogP contribution in [0.4, 0.5) is 0 Å². The Morgan fingerprint density at radius 2 is 1.57 bits per heavy atom. The highest BCUT2D eigenvalue weighted by atomic mass is 15.0. The smallest absolute Gasteiger partial charge is 0.00968 e. The van der Waals surface area contributed by atoms with Crippen molar-refractivity contribution in [3.05, 3.63) is 35.4 Å². The van der Waals surface area contributed by atoms with E-state index in [0.717, 1.165) is 6.54 Å². The SMILES string of the molecule is CC(C)c1ccc(C2(CNC(C)(C)C)CCCCC2)cc1. The van der Waals surface area contributed by atoms with Crippen LogP contribution in [-0.2, 0) is 5.41 Å². The van der Waals surface area contributed by atoms with Gasteiger partial charge in [-0.1, -0.05) is 57.4 Å². The molecule has 118 valence electrons. The molecule has 0 atom stereocenters. The second kappa shape index (κ2) is 6.52. The predicted octanol–water partition coefficient (Wildman–Crippen LogP) is 5.40. The Hall–Kier alpha value is -0.820. The molecule has 1 aliphatic rings. The molecular weight excluding hydrogens is 254 g/mol. The fraction of sp³-hybridized carbons (Fsp3) is 0.700. The fourth-order valence-electron chi connectivity index (χ4n) is 3.45. The van der Waals surface area contributed by atoms with E-state index < -0.39 is 0 Å². The van der Waals surface area contributed by atoms with Gasteiger partial charge in [-0.25, -0.2) is 0 Å².